The molecule has 0 aromatic rings. The first-order chi connectivity index (χ1) is 6.09. The van der Waals surface area contributed by atoms with Crippen molar-refractivity contribution in [1.29, 1.82) is 0 Å². The van der Waals surface area contributed by atoms with Gasteiger partial charge in [-0.25, -0.2) is 0 Å². The van der Waals surface area contributed by atoms with E-state index < -0.39 is 0 Å². The Morgan fingerprint density at radius 1 is 1.23 bits per heavy atom. The summed E-state index contributed by atoms with van der Waals surface area (Å²) in [5.41, 5.74) is 0.670. The van der Waals surface area contributed by atoms with Crippen LogP contribution in [0.4, 0.5) is 0 Å². The predicted molar refractivity (Wildman–Crippen MR) is 58.8 cm³/mol. The van der Waals surface area contributed by atoms with E-state index in [0.717, 1.165) is 11.8 Å². The minimum Gasteiger partial charge on any atom is -0.316 e. The van der Waals surface area contributed by atoms with Crippen molar-refractivity contribution in [1.82, 2.24) is 5.32 Å². The largest absolute Gasteiger partial charge is 0.316 e. The van der Waals surface area contributed by atoms with Crippen molar-refractivity contribution in [2.45, 2.75) is 47.0 Å². The van der Waals surface area contributed by atoms with Gasteiger partial charge in [-0.1, -0.05) is 27.7 Å². The average Bonchev–Trinajstić information content (AvgIpc) is 2.02. The predicted octanol–water partition coefficient (Wildman–Crippen LogP) is 3.06. The molecule has 0 spiro atoms. The fourth-order valence-electron chi connectivity index (χ4n) is 1.95. The molecule has 78 valence electrons. The summed E-state index contributed by atoms with van der Waals surface area (Å²) in [6.45, 7) is 11.9. The molecule has 0 aliphatic carbocycles. The third kappa shape index (κ3) is 2.70. The van der Waals surface area contributed by atoms with Crippen molar-refractivity contribution in [3.63, 3.8) is 0 Å². The first-order valence-electron chi connectivity index (χ1n) is 5.80. The third-order valence-electron chi connectivity index (χ3n) is 4.02. The van der Waals surface area contributed by atoms with E-state index in [1.165, 1.54) is 32.4 Å². The molecular weight excluding hydrogens is 158 g/mol. The molecule has 1 rings (SSSR count). The number of hydrogen-bond donors (Lipinski definition) is 1. The van der Waals surface area contributed by atoms with Crippen LogP contribution in [0.1, 0.15) is 47.0 Å². The molecule has 0 aromatic heterocycles. The molecule has 1 aliphatic rings. The SMILES string of the molecule is CCC1(CCC(C)C(C)C)CNC1. The second kappa shape index (κ2) is 4.45. The highest BCUT2D eigenvalue weighted by molar-refractivity contribution is 4.91. The van der Waals surface area contributed by atoms with E-state index in [1.807, 2.05) is 0 Å². The molecule has 1 N–H and O–H groups in total. The van der Waals surface area contributed by atoms with Gasteiger partial charge in [0.05, 0.1) is 0 Å². The van der Waals surface area contributed by atoms with Crippen molar-refractivity contribution in [2.75, 3.05) is 13.1 Å². The quantitative estimate of drug-likeness (QED) is 0.691. The lowest BCUT2D eigenvalue weighted by atomic mass is 9.73. The lowest BCUT2D eigenvalue weighted by Gasteiger charge is -2.43. The van der Waals surface area contributed by atoms with Crippen molar-refractivity contribution in [3.05, 3.63) is 0 Å². The van der Waals surface area contributed by atoms with E-state index in [2.05, 4.69) is 33.0 Å². The standard InChI is InChI=1S/C12H25N/c1-5-12(8-13-9-12)7-6-11(4)10(2)3/h10-11,13H,5-9H2,1-4H3. The van der Waals surface area contributed by atoms with Crippen LogP contribution >= 0.6 is 0 Å². The van der Waals surface area contributed by atoms with Crippen LogP contribution in [-0.4, -0.2) is 13.1 Å². The van der Waals surface area contributed by atoms with Crippen molar-refractivity contribution < 1.29 is 0 Å². The van der Waals surface area contributed by atoms with Gasteiger partial charge in [-0.15, -0.1) is 0 Å². The molecule has 0 aromatic carbocycles. The summed E-state index contributed by atoms with van der Waals surface area (Å²) in [5.74, 6) is 1.74. The summed E-state index contributed by atoms with van der Waals surface area (Å²) in [4.78, 5) is 0. The van der Waals surface area contributed by atoms with Gasteiger partial charge in [-0.3, -0.25) is 0 Å². The maximum absolute atomic E-state index is 3.41. The lowest BCUT2D eigenvalue weighted by molar-refractivity contribution is 0.129. The molecule has 1 unspecified atom stereocenters. The van der Waals surface area contributed by atoms with Crippen LogP contribution in [0.3, 0.4) is 0 Å². The summed E-state index contributed by atoms with van der Waals surface area (Å²) < 4.78 is 0. The second-order valence-corrected chi connectivity index (χ2v) is 5.22. The highest BCUT2D eigenvalue weighted by atomic mass is 15.0. The van der Waals surface area contributed by atoms with Gasteiger partial charge in [0, 0.05) is 13.1 Å². The molecule has 1 saturated heterocycles. The van der Waals surface area contributed by atoms with Gasteiger partial charge in [0.15, 0.2) is 0 Å². The van der Waals surface area contributed by atoms with E-state index in [1.54, 1.807) is 0 Å². The van der Waals surface area contributed by atoms with Crippen molar-refractivity contribution in [3.8, 4) is 0 Å². The van der Waals surface area contributed by atoms with Crippen molar-refractivity contribution in [2.24, 2.45) is 17.3 Å². The van der Waals surface area contributed by atoms with Crippen LogP contribution in [0.2, 0.25) is 0 Å². The molecule has 1 heteroatoms. The summed E-state index contributed by atoms with van der Waals surface area (Å²) >= 11 is 0. The minimum absolute atomic E-state index is 0.670. The van der Waals surface area contributed by atoms with Crippen LogP contribution in [-0.2, 0) is 0 Å². The molecule has 1 aliphatic heterocycles. The number of rotatable bonds is 5. The van der Waals surface area contributed by atoms with Gasteiger partial charge < -0.3 is 5.32 Å². The van der Waals surface area contributed by atoms with Gasteiger partial charge in [0.2, 0.25) is 0 Å². The van der Waals surface area contributed by atoms with Gasteiger partial charge in [-0.2, -0.15) is 0 Å². The summed E-state index contributed by atoms with van der Waals surface area (Å²) in [7, 11) is 0. The highest BCUT2D eigenvalue weighted by Crippen LogP contribution is 2.34. The summed E-state index contributed by atoms with van der Waals surface area (Å²) in [6.07, 6.45) is 4.19. The summed E-state index contributed by atoms with van der Waals surface area (Å²) in [5, 5.41) is 3.41. The van der Waals surface area contributed by atoms with Crippen LogP contribution in [0.25, 0.3) is 0 Å². The monoisotopic (exact) mass is 183 g/mol. The van der Waals surface area contributed by atoms with E-state index in [0.29, 0.717) is 5.41 Å². The van der Waals surface area contributed by atoms with Crippen LogP contribution in [0.15, 0.2) is 0 Å². The Morgan fingerprint density at radius 2 is 1.85 bits per heavy atom. The zero-order valence-electron chi connectivity index (χ0n) is 9.69. The molecule has 0 radical (unpaired) electrons. The molecule has 1 atom stereocenters. The van der Waals surface area contributed by atoms with Crippen LogP contribution in [0.5, 0.6) is 0 Å². The van der Waals surface area contributed by atoms with Gasteiger partial charge in [-0.05, 0) is 36.5 Å². The van der Waals surface area contributed by atoms with Crippen molar-refractivity contribution >= 4 is 0 Å². The second-order valence-electron chi connectivity index (χ2n) is 5.22. The minimum atomic E-state index is 0.670. The Balaban J connectivity index is 2.24. The zero-order valence-corrected chi connectivity index (χ0v) is 9.69. The van der Waals surface area contributed by atoms with E-state index in [-0.39, 0.29) is 0 Å². The fourth-order valence-corrected chi connectivity index (χ4v) is 1.95. The first-order valence-corrected chi connectivity index (χ1v) is 5.80. The fraction of sp³-hybridized carbons (Fsp3) is 1.00. The summed E-state index contributed by atoms with van der Waals surface area (Å²) in [6, 6.07) is 0. The molecule has 13 heavy (non-hydrogen) atoms. The van der Waals surface area contributed by atoms with Crippen LogP contribution < -0.4 is 5.32 Å². The molecule has 1 nitrogen and oxygen atoms in total. The van der Waals surface area contributed by atoms with Crippen LogP contribution in [0, 0.1) is 17.3 Å². The Morgan fingerprint density at radius 3 is 2.15 bits per heavy atom. The molecular formula is C12H25N. The zero-order chi connectivity index (χ0) is 9.90. The van der Waals surface area contributed by atoms with Gasteiger partial charge >= 0.3 is 0 Å². The Labute approximate surface area is 83.3 Å². The highest BCUT2D eigenvalue weighted by Gasteiger charge is 2.34. The molecule has 1 heterocycles. The topological polar surface area (TPSA) is 12.0 Å². The maximum atomic E-state index is 3.41. The molecule has 1 fully saturated rings. The van der Waals surface area contributed by atoms with E-state index in [9.17, 15) is 0 Å². The maximum Gasteiger partial charge on any atom is 0.00201 e. The number of hydrogen-bond acceptors (Lipinski definition) is 1. The third-order valence-corrected chi connectivity index (χ3v) is 4.02. The molecule has 0 amide bonds. The Bertz CT molecular complexity index is 142. The van der Waals surface area contributed by atoms with Gasteiger partial charge in [0.25, 0.3) is 0 Å². The van der Waals surface area contributed by atoms with Gasteiger partial charge in [0.1, 0.15) is 0 Å². The first kappa shape index (κ1) is 11.0. The molecule has 0 saturated carbocycles. The lowest BCUT2D eigenvalue weighted by Crippen LogP contribution is -2.53. The average molecular weight is 183 g/mol. The Kier molecular flexibility index (Phi) is 3.78. The van der Waals surface area contributed by atoms with E-state index in [4.69, 9.17) is 0 Å². The number of nitrogens with one attached hydrogen (secondary N) is 1. The molecule has 0 bridgehead atoms. The smallest absolute Gasteiger partial charge is 0.00201 e. The normalized spacial score (nSPS) is 22.8. The van der Waals surface area contributed by atoms with E-state index >= 15 is 0 Å². The Hall–Kier alpha value is -0.0400.